The van der Waals surface area contributed by atoms with E-state index in [0.29, 0.717) is 43.2 Å². The third kappa shape index (κ3) is 5.67. The molecular formula is C25H29FN6O3. The molecule has 2 aromatic heterocycles. The van der Waals surface area contributed by atoms with E-state index in [1.54, 1.807) is 30.5 Å². The Morgan fingerprint density at radius 2 is 2.11 bits per heavy atom. The molecule has 4 rings (SSSR count). The molecular weight excluding hydrogens is 451 g/mol. The molecule has 35 heavy (non-hydrogen) atoms. The average molecular weight is 481 g/mol. The van der Waals surface area contributed by atoms with Crippen molar-refractivity contribution in [2.45, 2.75) is 31.9 Å². The number of benzene rings is 1. The molecule has 1 aliphatic rings. The number of nitrogens with one attached hydrogen (secondary N) is 1. The Hall–Kier alpha value is -3.76. The smallest absolute Gasteiger partial charge is 0.276 e. The summed E-state index contributed by atoms with van der Waals surface area (Å²) in [6, 6.07) is 9.02. The molecule has 9 nitrogen and oxygen atoms in total. The van der Waals surface area contributed by atoms with E-state index in [2.05, 4.69) is 15.3 Å². The van der Waals surface area contributed by atoms with E-state index in [9.17, 15) is 14.3 Å². The number of nitrogen functional groups attached to an aromatic ring is 1. The van der Waals surface area contributed by atoms with Crippen molar-refractivity contribution in [1.82, 2.24) is 9.97 Å². The molecule has 0 bridgehead atoms. The number of piperidine rings is 1. The number of anilines is 3. The molecule has 1 aromatic carbocycles. The van der Waals surface area contributed by atoms with E-state index >= 15 is 0 Å². The Balaban J connectivity index is 1.61. The zero-order valence-corrected chi connectivity index (χ0v) is 19.4. The number of carbonyl (C=O) groups is 1. The summed E-state index contributed by atoms with van der Waals surface area (Å²) in [7, 11) is 0. The van der Waals surface area contributed by atoms with Crippen LogP contribution in [0.1, 0.15) is 30.3 Å². The monoisotopic (exact) mass is 480 g/mol. The van der Waals surface area contributed by atoms with Crippen molar-refractivity contribution in [3.63, 3.8) is 0 Å². The van der Waals surface area contributed by atoms with Gasteiger partial charge < -0.3 is 31.5 Å². The van der Waals surface area contributed by atoms with Gasteiger partial charge in [0.05, 0.1) is 41.7 Å². The number of aliphatic hydroxyl groups is 1. The molecule has 1 fully saturated rings. The summed E-state index contributed by atoms with van der Waals surface area (Å²) in [5.74, 6) is -0.555. The van der Waals surface area contributed by atoms with Gasteiger partial charge in [-0.05, 0) is 49.2 Å². The number of amides is 1. The number of hydrogen-bond donors (Lipinski definition) is 4. The normalized spacial score (nSPS) is 17.8. The number of hydrogen-bond acceptors (Lipinski definition) is 8. The van der Waals surface area contributed by atoms with E-state index in [4.69, 9.17) is 16.2 Å². The van der Waals surface area contributed by atoms with Crippen LogP contribution in [0.25, 0.3) is 11.3 Å². The molecule has 0 saturated carbocycles. The van der Waals surface area contributed by atoms with Crippen LogP contribution in [-0.2, 0) is 0 Å². The molecule has 0 spiro atoms. The minimum atomic E-state index is -0.573. The van der Waals surface area contributed by atoms with Crippen LogP contribution in [0, 0.1) is 5.82 Å². The van der Waals surface area contributed by atoms with Crippen molar-refractivity contribution in [2.24, 2.45) is 5.73 Å². The molecule has 3 heterocycles. The van der Waals surface area contributed by atoms with Gasteiger partial charge in [-0.15, -0.1) is 0 Å². The first-order valence-corrected chi connectivity index (χ1v) is 11.5. The van der Waals surface area contributed by atoms with Crippen molar-refractivity contribution >= 4 is 23.0 Å². The number of pyridine rings is 2. The number of rotatable bonds is 7. The molecule has 3 aromatic rings. The second kappa shape index (κ2) is 10.7. The van der Waals surface area contributed by atoms with Crippen molar-refractivity contribution in [2.75, 3.05) is 35.6 Å². The molecule has 2 unspecified atom stereocenters. The Kier molecular flexibility index (Phi) is 7.42. The highest BCUT2D eigenvalue weighted by Crippen LogP contribution is 2.30. The van der Waals surface area contributed by atoms with Crippen molar-refractivity contribution < 1.29 is 19.0 Å². The lowest BCUT2D eigenvalue weighted by Gasteiger charge is -2.36. The van der Waals surface area contributed by atoms with Gasteiger partial charge in [0, 0.05) is 30.9 Å². The van der Waals surface area contributed by atoms with Gasteiger partial charge in [0.2, 0.25) is 0 Å². The fraction of sp³-hybridized carbons (Fsp3) is 0.320. The van der Waals surface area contributed by atoms with E-state index < -0.39 is 17.8 Å². The maximum atomic E-state index is 14.6. The summed E-state index contributed by atoms with van der Waals surface area (Å²) in [5.41, 5.74) is 13.8. The lowest BCUT2D eigenvalue weighted by Crippen LogP contribution is -2.49. The quantitative estimate of drug-likeness (QED) is 0.405. The summed E-state index contributed by atoms with van der Waals surface area (Å²) in [4.78, 5) is 23.6. The number of aromatic nitrogens is 2. The maximum absolute atomic E-state index is 14.6. The number of carbonyl (C=O) groups excluding carboxylic acids is 1. The second-order valence-corrected chi connectivity index (χ2v) is 8.53. The van der Waals surface area contributed by atoms with Crippen LogP contribution in [-0.4, -0.2) is 52.8 Å². The van der Waals surface area contributed by atoms with E-state index in [0.717, 1.165) is 6.42 Å². The highest BCUT2D eigenvalue weighted by Gasteiger charge is 2.26. The van der Waals surface area contributed by atoms with Gasteiger partial charge in [0.15, 0.2) is 5.69 Å². The zero-order chi connectivity index (χ0) is 24.9. The van der Waals surface area contributed by atoms with Crippen LogP contribution in [0.3, 0.4) is 0 Å². The highest BCUT2D eigenvalue weighted by atomic mass is 19.1. The third-order valence-electron chi connectivity index (χ3n) is 5.68. The Labute approximate surface area is 202 Å². The summed E-state index contributed by atoms with van der Waals surface area (Å²) >= 11 is 0. The number of β-amino-alcohol motifs (C(OH)–C–C–N with tert-alkyl or cyclic N) is 1. The lowest BCUT2D eigenvalue weighted by molar-refractivity contribution is 0.102. The van der Waals surface area contributed by atoms with E-state index in [1.807, 2.05) is 11.8 Å². The van der Waals surface area contributed by atoms with Crippen molar-refractivity contribution in [3.8, 4) is 17.0 Å². The van der Waals surface area contributed by atoms with Gasteiger partial charge in [0.1, 0.15) is 11.6 Å². The number of halogens is 1. The molecule has 0 aliphatic carbocycles. The zero-order valence-electron chi connectivity index (χ0n) is 19.4. The van der Waals surface area contributed by atoms with Gasteiger partial charge in [0.25, 0.3) is 5.91 Å². The van der Waals surface area contributed by atoms with Crippen LogP contribution in [0.2, 0.25) is 0 Å². The SMILES string of the molecule is CCCOc1ccc(F)c(-c2ccc(N)c(C(=O)Nc3cnccc3N3CC(N)CC(O)C3)n2)c1. The number of nitrogens with two attached hydrogens (primary N) is 2. The summed E-state index contributed by atoms with van der Waals surface area (Å²) in [6.45, 7) is 3.38. The predicted octanol–water partition coefficient (Wildman–Crippen LogP) is 2.80. The number of aliphatic hydroxyl groups excluding tert-OH is 1. The Bertz CT molecular complexity index is 1200. The van der Waals surface area contributed by atoms with Crippen LogP contribution in [0.15, 0.2) is 48.8 Å². The van der Waals surface area contributed by atoms with Crippen molar-refractivity contribution in [1.29, 1.82) is 0 Å². The molecule has 1 aliphatic heterocycles. The fourth-order valence-electron chi connectivity index (χ4n) is 4.06. The minimum absolute atomic E-state index is 0.0491. The molecule has 0 radical (unpaired) electrons. The lowest BCUT2D eigenvalue weighted by atomic mass is 10.0. The summed E-state index contributed by atoms with van der Waals surface area (Å²) < 4.78 is 20.2. The van der Waals surface area contributed by atoms with E-state index in [-0.39, 0.29) is 28.7 Å². The molecule has 10 heteroatoms. The van der Waals surface area contributed by atoms with E-state index in [1.165, 1.54) is 18.3 Å². The van der Waals surface area contributed by atoms with Crippen LogP contribution in [0.5, 0.6) is 5.75 Å². The summed E-state index contributed by atoms with van der Waals surface area (Å²) in [6.07, 6.45) is 3.86. The van der Waals surface area contributed by atoms with Gasteiger partial charge >= 0.3 is 0 Å². The largest absolute Gasteiger partial charge is 0.494 e. The molecule has 184 valence electrons. The third-order valence-corrected chi connectivity index (χ3v) is 5.68. The standard InChI is InChI=1S/C25H29FN6O3/c1-2-9-35-17-3-4-19(26)18(11-17)21-6-5-20(28)24(30-21)25(34)31-22-12-29-8-7-23(22)32-13-15(27)10-16(33)14-32/h3-8,11-12,15-16,33H,2,9-10,13-14,27-28H2,1H3,(H,31,34). The first kappa shape index (κ1) is 24.4. The molecule has 1 saturated heterocycles. The topological polar surface area (TPSA) is 140 Å². The van der Waals surface area contributed by atoms with Crippen molar-refractivity contribution in [3.05, 3.63) is 60.3 Å². The number of ether oxygens (including phenoxy) is 1. The van der Waals surface area contributed by atoms with Crippen LogP contribution in [0.4, 0.5) is 21.5 Å². The first-order valence-electron chi connectivity index (χ1n) is 11.5. The van der Waals surface area contributed by atoms with Gasteiger partial charge in [-0.2, -0.15) is 0 Å². The second-order valence-electron chi connectivity index (χ2n) is 8.53. The van der Waals surface area contributed by atoms with Crippen LogP contribution >= 0.6 is 0 Å². The van der Waals surface area contributed by atoms with Gasteiger partial charge in [-0.3, -0.25) is 9.78 Å². The number of nitrogens with zero attached hydrogens (tertiary/aromatic N) is 3. The minimum Gasteiger partial charge on any atom is -0.494 e. The average Bonchev–Trinajstić information content (AvgIpc) is 2.83. The Morgan fingerprint density at radius 1 is 1.29 bits per heavy atom. The Morgan fingerprint density at radius 3 is 2.89 bits per heavy atom. The van der Waals surface area contributed by atoms with Crippen LogP contribution < -0.4 is 26.4 Å². The highest BCUT2D eigenvalue weighted by molar-refractivity contribution is 6.08. The molecule has 2 atom stereocenters. The first-order chi connectivity index (χ1) is 16.9. The fourth-order valence-corrected chi connectivity index (χ4v) is 4.06. The molecule has 1 amide bonds. The molecule has 6 N–H and O–H groups in total. The summed E-state index contributed by atoms with van der Waals surface area (Å²) in [5, 5.41) is 12.9. The maximum Gasteiger partial charge on any atom is 0.276 e. The van der Waals surface area contributed by atoms with Gasteiger partial charge in [-0.1, -0.05) is 6.92 Å². The predicted molar refractivity (Wildman–Crippen MR) is 133 cm³/mol. The van der Waals surface area contributed by atoms with Gasteiger partial charge in [-0.25, -0.2) is 9.37 Å².